The van der Waals surface area contributed by atoms with Gasteiger partial charge in [0.1, 0.15) is 5.60 Å². The molecule has 1 aliphatic heterocycles. The topological polar surface area (TPSA) is 55.8 Å². The highest BCUT2D eigenvalue weighted by atomic mass is 16.6. The van der Waals surface area contributed by atoms with E-state index in [1.54, 1.807) is 4.90 Å². The molecule has 1 saturated carbocycles. The van der Waals surface area contributed by atoms with Crippen molar-refractivity contribution in [3.8, 4) is 0 Å². The lowest BCUT2D eigenvalue weighted by Crippen LogP contribution is -2.48. The molecule has 120 valence electrons. The SMILES string of the molecule is CCOC(=O)C1CCN(C(=O)OC(C)(C)C)CC1C1CC1. The molecule has 1 saturated heterocycles. The third-order valence-electron chi connectivity index (χ3n) is 4.13. The number of carbonyl (C=O) groups is 2. The predicted octanol–water partition coefficient (Wildman–Crippen LogP) is 2.83. The zero-order chi connectivity index (χ0) is 15.6. The predicted molar refractivity (Wildman–Crippen MR) is 78.8 cm³/mol. The van der Waals surface area contributed by atoms with Crippen LogP contribution in [0.5, 0.6) is 0 Å². The molecule has 2 atom stereocenters. The highest BCUT2D eigenvalue weighted by Gasteiger charge is 2.45. The maximum Gasteiger partial charge on any atom is 0.410 e. The lowest BCUT2D eigenvalue weighted by Gasteiger charge is -2.38. The van der Waals surface area contributed by atoms with Crippen LogP contribution >= 0.6 is 0 Å². The quantitative estimate of drug-likeness (QED) is 0.752. The van der Waals surface area contributed by atoms with Crippen molar-refractivity contribution in [1.29, 1.82) is 0 Å². The largest absolute Gasteiger partial charge is 0.466 e. The lowest BCUT2D eigenvalue weighted by molar-refractivity contribution is -0.152. The molecule has 21 heavy (non-hydrogen) atoms. The van der Waals surface area contributed by atoms with E-state index in [1.165, 1.54) is 0 Å². The summed E-state index contributed by atoms with van der Waals surface area (Å²) in [6.45, 7) is 9.05. The van der Waals surface area contributed by atoms with Gasteiger partial charge < -0.3 is 14.4 Å². The second-order valence-corrected chi connectivity index (χ2v) is 7.07. The summed E-state index contributed by atoms with van der Waals surface area (Å²) in [5, 5.41) is 0. The maximum absolute atomic E-state index is 12.2. The number of hydrogen-bond donors (Lipinski definition) is 0. The molecule has 5 nitrogen and oxygen atoms in total. The van der Waals surface area contributed by atoms with Crippen LogP contribution in [0.4, 0.5) is 4.79 Å². The smallest absolute Gasteiger partial charge is 0.410 e. The monoisotopic (exact) mass is 297 g/mol. The van der Waals surface area contributed by atoms with Crippen LogP contribution in [0, 0.1) is 17.8 Å². The van der Waals surface area contributed by atoms with Crippen molar-refractivity contribution >= 4 is 12.1 Å². The number of nitrogens with zero attached hydrogens (tertiary/aromatic N) is 1. The minimum Gasteiger partial charge on any atom is -0.466 e. The number of amides is 1. The molecular formula is C16H27NO4. The first-order valence-electron chi connectivity index (χ1n) is 7.96. The summed E-state index contributed by atoms with van der Waals surface area (Å²) in [7, 11) is 0. The summed E-state index contributed by atoms with van der Waals surface area (Å²) in [6.07, 6.45) is 2.72. The molecule has 0 aromatic rings. The summed E-state index contributed by atoms with van der Waals surface area (Å²) in [5.41, 5.74) is -0.482. The fourth-order valence-corrected chi connectivity index (χ4v) is 3.02. The Kier molecular flexibility index (Phi) is 4.79. The third-order valence-corrected chi connectivity index (χ3v) is 4.13. The number of rotatable bonds is 3. The molecular weight excluding hydrogens is 270 g/mol. The Hall–Kier alpha value is -1.26. The van der Waals surface area contributed by atoms with Crippen LogP contribution in [-0.4, -0.2) is 42.3 Å². The van der Waals surface area contributed by atoms with Crippen LogP contribution in [0.15, 0.2) is 0 Å². The highest BCUT2D eigenvalue weighted by Crippen LogP contribution is 2.44. The summed E-state index contributed by atoms with van der Waals surface area (Å²) in [5.74, 6) is 0.629. The van der Waals surface area contributed by atoms with Gasteiger partial charge in [0.2, 0.25) is 0 Å². The van der Waals surface area contributed by atoms with Crippen LogP contribution in [0.25, 0.3) is 0 Å². The van der Waals surface area contributed by atoms with Crippen LogP contribution in [0.2, 0.25) is 0 Å². The average molecular weight is 297 g/mol. The molecule has 0 aromatic carbocycles. The van der Waals surface area contributed by atoms with Gasteiger partial charge in [-0.3, -0.25) is 4.79 Å². The fourth-order valence-electron chi connectivity index (χ4n) is 3.02. The van der Waals surface area contributed by atoms with E-state index < -0.39 is 5.60 Å². The summed E-state index contributed by atoms with van der Waals surface area (Å²) in [4.78, 5) is 26.0. The number of piperidine rings is 1. The van der Waals surface area contributed by atoms with Crippen molar-refractivity contribution in [3.63, 3.8) is 0 Å². The second-order valence-electron chi connectivity index (χ2n) is 7.07. The van der Waals surface area contributed by atoms with Crippen LogP contribution in [0.1, 0.15) is 47.0 Å². The Balaban J connectivity index is 1.98. The van der Waals surface area contributed by atoms with Gasteiger partial charge in [-0.25, -0.2) is 4.79 Å². The van der Waals surface area contributed by atoms with Crippen LogP contribution in [0.3, 0.4) is 0 Å². The van der Waals surface area contributed by atoms with Crippen LogP contribution < -0.4 is 0 Å². The molecule has 2 fully saturated rings. The average Bonchev–Trinajstić information content (AvgIpc) is 3.20. The first kappa shape index (κ1) is 16.1. The first-order valence-corrected chi connectivity index (χ1v) is 7.96. The summed E-state index contributed by atoms with van der Waals surface area (Å²) >= 11 is 0. The van der Waals surface area contributed by atoms with Crippen LogP contribution in [-0.2, 0) is 14.3 Å². The minimum absolute atomic E-state index is 0.0591. The van der Waals surface area contributed by atoms with Crippen molar-refractivity contribution in [1.82, 2.24) is 4.90 Å². The number of hydrogen-bond acceptors (Lipinski definition) is 4. The standard InChI is InChI=1S/C16H27NO4/c1-5-20-14(18)12-8-9-17(10-13(12)11-6-7-11)15(19)21-16(2,3)4/h11-13H,5-10H2,1-4H3. The van der Waals surface area contributed by atoms with Gasteiger partial charge in [0.25, 0.3) is 0 Å². The van der Waals surface area contributed by atoms with E-state index in [2.05, 4.69) is 0 Å². The minimum atomic E-state index is -0.482. The Bertz CT molecular complexity index is 398. The van der Waals surface area contributed by atoms with Gasteiger partial charge in [0, 0.05) is 13.1 Å². The van der Waals surface area contributed by atoms with Gasteiger partial charge in [-0.05, 0) is 58.8 Å². The zero-order valence-corrected chi connectivity index (χ0v) is 13.6. The van der Waals surface area contributed by atoms with Crippen molar-refractivity contribution in [2.75, 3.05) is 19.7 Å². The Morgan fingerprint density at radius 3 is 2.38 bits per heavy atom. The van der Waals surface area contributed by atoms with Crippen molar-refractivity contribution < 1.29 is 19.1 Å². The van der Waals surface area contributed by atoms with E-state index in [-0.39, 0.29) is 23.9 Å². The molecule has 2 rings (SSSR count). The van der Waals surface area contributed by atoms with E-state index in [4.69, 9.17) is 9.47 Å². The third kappa shape index (κ3) is 4.35. The molecule has 0 radical (unpaired) electrons. The number of esters is 1. The Labute approximate surface area is 127 Å². The Morgan fingerprint density at radius 1 is 1.19 bits per heavy atom. The molecule has 1 aliphatic carbocycles. The van der Waals surface area contributed by atoms with Gasteiger partial charge >= 0.3 is 12.1 Å². The van der Waals surface area contributed by atoms with Crippen molar-refractivity contribution in [2.24, 2.45) is 17.8 Å². The molecule has 0 bridgehead atoms. The normalized spacial score (nSPS) is 26.4. The van der Waals surface area contributed by atoms with E-state index >= 15 is 0 Å². The molecule has 5 heteroatoms. The highest BCUT2D eigenvalue weighted by molar-refractivity contribution is 5.74. The Morgan fingerprint density at radius 2 is 1.86 bits per heavy atom. The summed E-state index contributed by atoms with van der Waals surface area (Å²) in [6, 6.07) is 0. The maximum atomic E-state index is 12.2. The first-order chi connectivity index (χ1) is 9.81. The van der Waals surface area contributed by atoms with Crippen molar-refractivity contribution in [3.05, 3.63) is 0 Å². The lowest BCUT2D eigenvalue weighted by atomic mass is 9.82. The van der Waals surface area contributed by atoms with E-state index in [9.17, 15) is 9.59 Å². The zero-order valence-electron chi connectivity index (χ0n) is 13.6. The van der Waals surface area contributed by atoms with Gasteiger partial charge in [0.05, 0.1) is 12.5 Å². The van der Waals surface area contributed by atoms with Gasteiger partial charge in [0.15, 0.2) is 0 Å². The second kappa shape index (κ2) is 6.24. The number of likely N-dealkylation sites (tertiary alicyclic amines) is 1. The number of ether oxygens (including phenoxy) is 2. The van der Waals surface area contributed by atoms with Gasteiger partial charge in [-0.2, -0.15) is 0 Å². The molecule has 0 aromatic heterocycles. The van der Waals surface area contributed by atoms with E-state index in [1.807, 2.05) is 27.7 Å². The van der Waals surface area contributed by atoms with E-state index in [0.29, 0.717) is 32.0 Å². The molecule has 0 spiro atoms. The summed E-state index contributed by atoms with van der Waals surface area (Å²) < 4.78 is 10.6. The molecule has 1 amide bonds. The fraction of sp³-hybridized carbons (Fsp3) is 0.875. The van der Waals surface area contributed by atoms with Crippen molar-refractivity contribution in [2.45, 2.75) is 52.6 Å². The van der Waals surface area contributed by atoms with E-state index in [0.717, 1.165) is 12.8 Å². The molecule has 2 unspecified atom stereocenters. The molecule has 0 N–H and O–H groups in total. The number of carbonyl (C=O) groups excluding carboxylic acids is 2. The molecule has 2 aliphatic rings. The van der Waals surface area contributed by atoms with Gasteiger partial charge in [-0.1, -0.05) is 0 Å². The molecule has 1 heterocycles. The van der Waals surface area contributed by atoms with Gasteiger partial charge in [-0.15, -0.1) is 0 Å².